The molecule has 1 aliphatic rings. The largest absolute Gasteiger partial charge is 0.342 e. The van der Waals surface area contributed by atoms with E-state index in [1.54, 1.807) is 6.92 Å². The quantitative estimate of drug-likeness (QED) is 0.658. The SMILES string of the molecule is CCCCCCN1CC(CSC(C)=O)CC1=O. The average Bonchev–Trinajstić information content (AvgIpc) is 2.63. The number of likely N-dealkylation sites (tertiary alicyclic amines) is 1. The first-order chi connectivity index (χ1) is 8.13. The van der Waals surface area contributed by atoms with Gasteiger partial charge in [0, 0.05) is 32.2 Å². The molecule has 4 heteroatoms. The molecule has 0 spiro atoms. The summed E-state index contributed by atoms with van der Waals surface area (Å²) in [5.74, 6) is 1.45. The molecule has 0 bridgehead atoms. The summed E-state index contributed by atoms with van der Waals surface area (Å²) in [6.45, 7) is 5.53. The van der Waals surface area contributed by atoms with Gasteiger partial charge < -0.3 is 4.90 Å². The molecule has 1 rings (SSSR count). The van der Waals surface area contributed by atoms with E-state index in [4.69, 9.17) is 0 Å². The Balaban J connectivity index is 2.19. The number of hydrogen-bond donors (Lipinski definition) is 0. The lowest BCUT2D eigenvalue weighted by molar-refractivity contribution is -0.127. The Labute approximate surface area is 108 Å². The number of nitrogens with zero attached hydrogens (tertiary/aromatic N) is 1. The monoisotopic (exact) mass is 257 g/mol. The van der Waals surface area contributed by atoms with Gasteiger partial charge in [-0.25, -0.2) is 0 Å². The van der Waals surface area contributed by atoms with E-state index in [1.165, 1.54) is 31.0 Å². The molecule has 1 amide bonds. The molecule has 1 atom stereocenters. The number of carbonyl (C=O) groups is 2. The van der Waals surface area contributed by atoms with Gasteiger partial charge in [-0.05, 0) is 12.3 Å². The second-order valence-electron chi connectivity index (χ2n) is 4.77. The molecular formula is C13H23NO2S. The Morgan fingerprint density at radius 1 is 1.41 bits per heavy atom. The number of unbranched alkanes of at least 4 members (excludes halogenated alkanes) is 3. The van der Waals surface area contributed by atoms with Crippen molar-refractivity contribution in [3.05, 3.63) is 0 Å². The van der Waals surface area contributed by atoms with Gasteiger partial charge >= 0.3 is 0 Å². The van der Waals surface area contributed by atoms with E-state index in [2.05, 4.69) is 6.92 Å². The van der Waals surface area contributed by atoms with Gasteiger partial charge in [0.05, 0.1) is 0 Å². The van der Waals surface area contributed by atoms with Crippen molar-refractivity contribution in [3.63, 3.8) is 0 Å². The van der Waals surface area contributed by atoms with Crippen LogP contribution in [0, 0.1) is 5.92 Å². The van der Waals surface area contributed by atoms with E-state index >= 15 is 0 Å². The highest BCUT2D eigenvalue weighted by molar-refractivity contribution is 8.13. The first-order valence-electron chi connectivity index (χ1n) is 6.54. The van der Waals surface area contributed by atoms with Gasteiger partial charge in [-0.1, -0.05) is 37.9 Å². The highest BCUT2D eigenvalue weighted by Crippen LogP contribution is 2.22. The zero-order chi connectivity index (χ0) is 12.7. The molecule has 0 radical (unpaired) electrons. The van der Waals surface area contributed by atoms with Crippen LogP contribution in [-0.4, -0.2) is 34.8 Å². The lowest BCUT2D eigenvalue weighted by Crippen LogP contribution is -2.26. The lowest BCUT2D eigenvalue weighted by atomic mass is 10.1. The Hall–Kier alpha value is -0.510. The van der Waals surface area contributed by atoms with Crippen molar-refractivity contribution in [3.8, 4) is 0 Å². The van der Waals surface area contributed by atoms with E-state index in [-0.39, 0.29) is 11.0 Å². The first kappa shape index (κ1) is 14.6. The fourth-order valence-corrected chi connectivity index (χ4v) is 2.84. The van der Waals surface area contributed by atoms with Crippen LogP contribution in [0.25, 0.3) is 0 Å². The number of carbonyl (C=O) groups excluding carboxylic acids is 2. The van der Waals surface area contributed by atoms with E-state index in [1.807, 2.05) is 4.90 Å². The summed E-state index contributed by atoms with van der Waals surface area (Å²) in [7, 11) is 0. The normalized spacial score (nSPS) is 20.0. The molecule has 0 aromatic carbocycles. The molecule has 1 unspecified atom stereocenters. The van der Waals surface area contributed by atoms with Gasteiger partial charge in [0.2, 0.25) is 5.91 Å². The molecule has 0 N–H and O–H groups in total. The molecule has 17 heavy (non-hydrogen) atoms. The van der Waals surface area contributed by atoms with Crippen molar-refractivity contribution in [2.45, 2.75) is 46.0 Å². The van der Waals surface area contributed by atoms with Crippen molar-refractivity contribution >= 4 is 22.8 Å². The maximum Gasteiger partial charge on any atom is 0.222 e. The van der Waals surface area contributed by atoms with E-state index in [0.29, 0.717) is 12.3 Å². The maximum absolute atomic E-state index is 11.7. The number of amides is 1. The van der Waals surface area contributed by atoms with Gasteiger partial charge in [-0.2, -0.15) is 0 Å². The molecular weight excluding hydrogens is 234 g/mol. The van der Waals surface area contributed by atoms with E-state index < -0.39 is 0 Å². The highest BCUT2D eigenvalue weighted by atomic mass is 32.2. The summed E-state index contributed by atoms with van der Waals surface area (Å²) in [6.07, 6.45) is 5.45. The van der Waals surface area contributed by atoms with Crippen LogP contribution in [0.1, 0.15) is 46.0 Å². The van der Waals surface area contributed by atoms with Crippen LogP contribution in [0.4, 0.5) is 0 Å². The smallest absolute Gasteiger partial charge is 0.222 e. The summed E-state index contributed by atoms with van der Waals surface area (Å²) in [5, 5.41) is 0.152. The highest BCUT2D eigenvalue weighted by Gasteiger charge is 2.28. The van der Waals surface area contributed by atoms with E-state index in [0.717, 1.165) is 25.3 Å². The maximum atomic E-state index is 11.7. The van der Waals surface area contributed by atoms with Gasteiger partial charge in [0.1, 0.15) is 0 Å². The Morgan fingerprint density at radius 2 is 2.18 bits per heavy atom. The van der Waals surface area contributed by atoms with Crippen LogP contribution >= 0.6 is 11.8 Å². The number of thioether (sulfide) groups is 1. The summed E-state index contributed by atoms with van der Waals surface area (Å²) in [6, 6.07) is 0. The zero-order valence-electron chi connectivity index (χ0n) is 10.9. The second-order valence-corrected chi connectivity index (χ2v) is 5.97. The third-order valence-corrected chi connectivity index (χ3v) is 4.14. The molecule has 0 saturated carbocycles. The van der Waals surface area contributed by atoms with Gasteiger partial charge in [-0.3, -0.25) is 9.59 Å². The molecule has 1 saturated heterocycles. The number of rotatable bonds is 7. The molecule has 3 nitrogen and oxygen atoms in total. The molecule has 1 heterocycles. The summed E-state index contributed by atoms with van der Waals surface area (Å²) in [5.41, 5.74) is 0. The van der Waals surface area contributed by atoms with E-state index in [9.17, 15) is 9.59 Å². The van der Waals surface area contributed by atoms with Crippen molar-refractivity contribution < 1.29 is 9.59 Å². The van der Waals surface area contributed by atoms with Gasteiger partial charge in [0.15, 0.2) is 5.12 Å². The minimum atomic E-state index is 0.152. The third-order valence-electron chi connectivity index (χ3n) is 3.10. The van der Waals surface area contributed by atoms with Gasteiger partial charge in [0.25, 0.3) is 0 Å². The third kappa shape index (κ3) is 5.57. The minimum Gasteiger partial charge on any atom is -0.342 e. The van der Waals surface area contributed by atoms with Crippen molar-refractivity contribution in [1.82, 2.24) is 4.90 Å². The predicted octanol–water partition coefficient (Wildman–Crippen LogP) is 2.69. The molecule has 0 aliphatic carbocycles. The molecule has 0 aromatic rings. The first-order valence-corrected chi connectivity index (χ1v) is 7.53. The number of hydrogen-bond acceptors (Lipinski definition) is 3. The summed E-state index contributed by atoms with van der Waals surface area (Å²) >= 11 is 1.35. The predicted molar refractivity (Wildman–Crippen MR) is 72.0 cm³/mol. The van der Waals surface area contributed by atoms with Crippen LogP contribution in [0.15, 0.2) is 0 Å². The Bertz CT molecular complexity index is 268. The topological polar surface area (TPSA) is 37.4 Å². The van der Waals surface area contributed by atoms with Gasteiger partial charge in [-0.15, -0.1) is 0 Å². The lowest BCUT2D eigenvalue weighted by Gasteiger charge is -2.16. The van der Waals surface area contributed by atoms with Crippen LogP contribution in [-0.2, 0) is 9.59 Å². The van der Waals surface area contributed by atoms with Crippen molar-refractivity contribution in [2.24, 2.45) is 5.92 Å². The van der Waals surface area contributed by atoms with Crippen molar-refractivity contribution in [2.75, 3.05) is 18.8 Å². The van der Waals surface area contributed by atoms with Crippen LogP contribution in [0.5, 0.6) is 0 Å². The minimum absolute atomic E-state index is 0.152. The van der Waals surface area contributed by atoms with Crippen LogP contribution in [0.2, 0.25) is 0 Å². The zero-order valence-corrected chi connectivity index (χ0v) is 11.7. The molecule has 1 fully saturated rings. The summed E-state index contributed by atoms with van der Waals surface area (Å²) < 4.78 is 0. The summed E-state index contributed by atoms with van der Waals surface area (Å²) in [4.78, 5) is 24.6. The molecule has 1 aliphatic heterocycles. The Kier molecular flexibility index (Phi) is 6.63. The van der Waals surface area contributed by atoms with Crippen molar-refractivity contribution in [1.29, 1.82) is 0 Å². The van der Waals surface area contributed by atoms with Crippen LogP contribution in [0.3, 0.4) is 0 Å². The fraction of sp³-hybridized carbons (Fsp3) is 0.846. The average molecular weight is 257 g/mol. The Morgan fingerprint density at radius 3 is 2.82 bits per heavy atom. The molecule has 0 aromatic heterocycles. The van der Waals surface area contributed by atoms with Crippen LogP contribution < -0.4 is 0 Å². The standard InChI is InChI=1S/C13H23NO2S/c1-3-4-5-6-7-14-9-12(8-13(14)16)10-17-11(2)15/h12H,3-10H2,1-2H3. The molecule has 98 valence electrons. The fourth-order valence-electron chi connectivity index (χ4n) is 2.15. The second kappa shape index (κ2) is 7.75.